The Morgan fingerprint density at radius 2 is 1.75 bits per heavy atom. The van der Waals surface area contributed by atoms with Crippen molar-refractivity contribution >= 4 is 9.84 Å². The largest absolute Gasteiger partial charge is 0.372 e. The molecule has 0 unspecified atom stereocenters. The topological polar surface area (TPSA) is 68.3 Å². The van der Waals surface area contributed by atoms with Crippen molar-refractivity contribution in [3.8, 4) is 11.1 Å². The first-order chi connectivity index (χ1) is 11.5. The summed E-state index contributed by atoms with van der Waals surface area (Å²) in [6, 6.07) is 10.8. The van der Waals surface area contributed by atoms with Gasteiger partial charge in [-0.25, -0.2) is 8.42 Å². The third-order valence-corrected chi connectivity index (χ3v) is 5.32. The van der Waals surface area contributed by atoms with Crippen molar-refractivity contribution in [3.63, 3.8) is 0 Å². The molecule has 0 radical (unpaired) electrons. The van der Waals surface area contributed by atoms with Crippen molar-refractivity contribution < 1.29 is 13.2 Å². The van der Waals surface area contributed by atoms with Crippen molar-refractivity contribution in [1.82, 2.24) is 10.3 Å². The molecule has 1 aromatic carbocycles. The molecule has 6 heteroatoms. The van der Waals surface area contributed by atoms with Crippen LogP contribution in [0.25, 0.3) is 11.1 Å². The van der Waals surface area contributed by atoms with E-state index in [1.165, 1.54) is 6.26 Å². The Hall–Kier alpha value is -1.76. The molecule has 1 N–H and O–H groups in total. The van der Waals surface area contributed by atoms with Crippen LogP contribution in [0.1, 0.15) is 18.5 Å². The molecule has 0 spiro atoms. The molecular weight excluding hydrogens is 324 g/mol. The van der Waals surface area contributed by atoms with Gasteiger partial charge >= 0.3 is 0 Å². The summed E-state index contributed by atoms with van der Waals surface area (Å²) < 4.78 is 28.9. The van der Waals surface area contributed by atoms with E-state index in [1.807, 2.05) is 12.1 Å². The first kappa shape index (κ1) is 17.1. The number of aromatic nitrogens is 1. The maximum absolute atomic E-state index is 11.5. The summed E-state index contributed by atoms with van der Waals surface area (Å²) in [6.45, 7) is 2.55. The molecule has 1 aliphatic rings. The highest BCUT2D eigenvalue weighted by atomic mass is 32.2. The number of pyridine rings is 1. The predicted molar refractivity (Wildman–Crippen MR) is 93.5 cm³/mol. The van der Waals surface area contributed by atoms with Gasteiger partial charge in [-0.2, -0.15) is 0 Å². The lowest BCUT2D eigenvalue weighted by Gasteiger charge is -2.22. The maximum atomic E-state index is 11.5. The Morgan fingerprint density at radius 1 is 1.08 bits per heavy atom. The zero-order valence-corrected chi connectivity index (χ0v) is 14.6. The van der Waals surface area contributed by atoms with Gasteiger partial charge in [-0.1, -0.05) is 18.2 Å². The Morgan fingerprint density at radius 3 is 2.33 bits per heavy atom. The standard InChI is InChI=1S/C18H22N2O3S/c1-24(21,22)18-6-3-14(4-7-18)15-2-5-16(20-12-15)13-23-17-8-10-19-11-9-17/h2-7,12,17,19H,8-11,13H2,1H3. The smallest absolute Gasteiger partial charge is 0.175 e. The zero-order valence-electron chi connectivity index (χ0n) is 13.7. The highest BCUT2D eigenvalue weighted by molar-refractivity contribution is 7.90. The van der Waals surface area contributed by atoms with Gasteiger partial charge in [-0.05, 0) is 49.7 Å². The van der Waals surface area contributed by atoms with Gasteiger partial charge in [0.2, 0.25) is 0 Å². The second-order valence-electron chi connectivity index (χ2n) is 6.10. The Kier molecular flexibility index (Phi) is 5.28. The highest BCUT2D eigenvalue weighted by Crippen LogP contribution is 2.21. The van der Waals surface area contributed by atoms with Crippen molar-refractivity contribution in [2.75, 3.05) is 19.3 Å². The lowest BCUT2D eigenvalue weighted by atomic mass is 10.1. The van der Waals surface area contributed by atoms with E-state index in [-0.39, 0.29) is 0 Å². The fourth-order valence-corrected chi connectivity index (χ4v) is 3.37. The average molecular weight is 346 g/mol. The monoisotopic (exact) mass is 346 g/mol. The normalized spacial score (nSPS) is 16.2. The van der Waals surface area contributed by atoms with Gasteiger partial charge in [0.05, 0.1) is 23.3 Å². The van der Waals surface area contributed by atoms with Crippen LogP contribution >= 0.6 is 0 Å². The number of hydrogen-bond acceptors (Lipinski definition) is 5. The molecule has 5 nitrogen and oxygen atoms in total. The quantitative estimate of drug-likeness (QED) is 0.900. The molecule has 1 aliphatic heterocycles. The van der Waals surface area contributed by atoms with E-state index in [4.69, 9.17) is 4.74 Å². The average Bonchev–Trinajstić information content (AvgIpc) is 2.61. The second kappa shape index (κ2) is 7.42. The van der Waals surface area contributed by atoms with E-state index in [9.17, 15) is 8.42 Å². The third kappa shape index (κ3) is 4.41. The fourth-order valence-electron chi connectivity index (χ4n) is 2.74. The molecule has 1 fully saturated rings. The van der Waals surface area contributed by atoms with Crippen LogP contribution in [0.2, 0.25) is 0 Å². The van der Waals surface area contributed by atoms with E-state index in [1.54, 1.807) is 30.5 Å². The van der Waals surface area contributed by atoms with Crippen molar-refractivity contribution in [1.29, 1.82) is 0 Å². The summed E-state index contributed by atoms with van der Waals surface area (Å²) in [6.07, 6.45) is 5.42. The van der Waals surface area contributed by atoms with Crippen LogP contribution in [0.3, 0.4) is 0 Å². The molecule has 2 heterocycles. The van der Waals surface area contributed by atoms with Crippen LogP contribution < -0.4 is 5.32 Å². The van der Waals surface area contributed by atoms with Gasteiger partial charge in [0.1, 0.15) is 0 Å². The lowest BCUT2D eigenvalue weighted by molar-refractivity contribution is 0.0196. The molecule has 0 atom stereocenters. The molecule has 0 aliphatic carbocycles. The zero-order chi connectivity index (χ0) is 17.0. The molecular formula is C18H22N2O3S. The molecule has 0 amide bonds. The van der Waals surface area contributed by atoms with Crippen LogP contribution in [0.4, 0.5) is 0 Å². The van der Waals surface area contributed by atoms with Crippen molar-refractivity contribution in [2.45, 2.75) is 30.4 Å². The van der Waals surface area contributed by atoms with Gasteiger partial charge in [0, 0.05) is 18.0 Å². The Bertz CT molecular complexity index is 765. The van der Waals surface area contributed by atoms with Gasteiger partial charge in [0.15, 0.2) is 9.84 Å². The highest BCUT2D eigenvalue weighted by Gasteiger charge is 2.13. The van der Waals surface area contributed by atoms with Gasteiger partial charge in [-0.3, -0.25) is 4.98 Å². The minimum Gasteiger partial charge on any atom is -0.372 e. The predicted octanol–water partition coefficient (Wildman–Crippen LogP) is 2.42. The summed E-state index contributed by atoms with van der Waals surface area (Å²) in [5, 5.41) is 3.32. The van der Waals surface area contributed by atoms with E-state index >= 15 is 0 Å². The van der Waals surface area contributed by atoms with Crippen molar-refractivity contribution in [3.05, 3.63) is 48.3 Å². The van der Waals surface area contributed by atoms with E-state index in [2.05, 4.69) is 10.3 Å². The summed E-state index contributed by atoms with van der Waals surface area (Å²) in [4.78, 5) is 4.78. The van der Waals surface area contributed by atoms with Crippen LogP contribution in [0.15, 0.2) is 47.5 Å². The van der Waals surface area contributed by atoms with Crippen molar-refractivity contribution in [2.24, 2.45) is 0 Å². The number of benzene rings is 1. The molecule has 1 aromatic heterocycles. The number of ether oxygens (including phenoxy) is 1. The molecule has 3 rings (SSSR count). The van der Waals surface area contributed by atoms with Crippen LogP contribution in [-0.2, 0) is 21.2 Å². The summed E-state index contributed by atoms with van der Waals surface area (Å²) in [7, 11) is -3.16. The number of hydrogen-bond donors (Lipinski definition) is 1. The molecule has 24 heavy (non-hydrogen) atoms. The van der Waals surface area contributed by atoms with Gasteiger partial charge in [-0.15, -0.1) is 0 Å². The number of rotatable bonds is 5. The van der Waals surface area contributed by atoms with Crippen LogP contribution in [-0.4, -0.2) is 38.9 Å². The van der Waals surface area contributed by atoms with Crippen LogP contribution in [0.5, 0.6) is 0 Å². The number of nitrogens with zero attached hydrogens (tertiary/aromatic N) is 1. The minimum absolute atomic E-state index is 0.316. The Balaban J connectivity index is 1.63. The number of sulfone groups is 1. The molecule has 0 bridgehead atoms. The van der Waals surface area contributed by atoms with Crippen LogP contribution in [0, 0.1) is 0 Å². The Labute approximate surface area is 143 Å². The molecule has 128 valence electrons. The SMILES string of the molecule is CS(=O)(=O)c1ccc(-c2ccc(COC3CCNCC3)nc2)cc1. The fraction of sp³-hybridized carbons (Fsp3) is 0.389. The molecule has 2 aromatic rings. The second-order valence-corrected chi connectivity index (χ2v) is 8.11. The molecule has 0 saturated carbocycles. The van der Waals surface area contributed by atoms with Gasteiger partial charge in [0.25, 0.3) is 0 Å². The third-order valence-electron chi connectivity index (χ3n) is 4.19. The number of piperidine rings is 1. The molecule has 1 saturated heterocycles. The first-order valence-corrected chi connectivity index (χ1v) is 9.99. The number of nitrogens with one attached hydrogen (secondary N) is 1. The van der Waals surface area contributed by atoms with E-state index in [0.29, 0.717) is 17.6 Å². The van der Waals surface area contributed by atoms with Gasteiger partial charge < -0.3 is 10.1 Å². The maximum Gasteiger partial charge on any atom is 0.175 e. The first-order valence-electron chi connectivity index (χ1n) is 8.10. The summed E-state index contributed by atoms with van der Waals surface area (Å²) in [5.41, 5.74) is 2.81. The lowest BCUT2D eigenvalue weighted by Crippen LogP contribution is -2.32. The minimum atomic E-state index is -3.16. The van der Waals surface area contributed by atoms with E-state index in [0.717, 1.165) is 42.8 Å². The summed E-state index contributed by atoms with van der Waals surface area (Å²) in [5.74, 6) is 0. The van der Waals surface area contributed by atoms with E-state index < -0.39 is 9.84 Å². The summed E-state index contributed by atoms with van der Waals surface area (Å²) >= 11 is 0.